The van der Waals surface area contributed by atoms with Crippen molar-refractivity contribution in [1.82, 2.24) is 20.2 Å². The summed E-state index contributed by atoms with van der Waals surface area (Å²) in [5.41, 5.74) is 1.55. The second-order valence-corrected chi connectivity index (χ2v) is 11.1. The predicted molar refractivity (Wildman–Crippen MR) is 131 cm³/mol. The summed E-state index contributed by atoms with van der Waals surface area (Å²) in [5, 5.41) is 7.73. The summed E-state index contributed by atoms with van der Waals surface area (Å²) in [6.07, 6.45) is 11.5. The van der Waals surface area contributed by atoms with Crippen LogP contribution in [0.4, 0.5) is 5.82 Å². The van der Waals surface area contributed by atoms with E-state index in [-0.39, 0.29) is 5.91 Å². The van der Waals surface area contributed by atoms with Crippen LogP contribution in [-0.4, -0.2) is 66.7 Å². The lowest BCUT2D eigenvalue weighted by Crippen LogP contribution is -2.37. The Labute approximate surface area is 199 Å². The van der Waals surface area contributed by atoms with Crippen LogP contribution in [0.15, 0.2) is 18.5 Å². The van der Waals surface area contributed by atoms with Gasteiger partial charge in [-0.05, 0) is 67.9 Å². The Balaban J connectivity index is 1.08. The van der Waals surface area contributed by atoms with Gasteiger partial charge in [0.25, 0.3) is 5.91 Å². The van der Waals surface area contributed by atoms with E-state index in [9.17, 15) is 4.79 Å². The minimum absolute atomic E-state index is 0.0327. The van der Waals surface area contributed by atoms with Gasteiger partial charge in [-0.15, -0.1) is 11.3 Å². The summed E-state index contributed by atoms with van der Waals surface area (Å²) in [4.78, 5) is 26.2. The number of nitrogens with zero attached hydrogens (tertiary/aromatic N) is 3. The number of hydrogen-bond acceptors (Lipinski definition) is 7. The molecule has 8 heteroatoms. The standard InChI is InChI=1S/C25H33N5O2S/c1-16-20-22(26-7-2-8-30-9-11-32-12-10-30)28-15-29-24(20)33-21(16)23(31)27-14-17-13-18-3-4-19(17)25(18)5-6-25/h3-4,15,17-19H,2,5-14H2,1H3,(H,27,31)(H,26,28,29)/t17-,18-,19-/m1/s1. The van der Waals surface area contributed by atoms with Crippen LogP contribution in [-0.2, 0) is 4.74 Å². The number of morpholine rings is 1. The quantitative estimate of drug-likeness (QED) is 0.457. The van der Waals surface area contributed by atoms with E-state index in [0.29, 0.717) is 17.3 Å². The summed E-state index contributed by atoms with van der Waals surface area (Å²) in [7, 11) is 0. The van der Waals surface area contributed by atoms with Gasteiger partial charge >= 0.3 is 0 Å². The Bertz CT molecular complexity index is 1070. The van der Waals surface area contributed by atoms with Crippen LogP contribution >= 0.6 is 11.3 Å². The number of carbonyl (C=O) groups excluding carboxylic acids is 1. The molecular weight excluding hydrogens is 434 g/mol. The zero-order chi connectivity index (χ0) is 22.4. The molecule has 4 aliphatic rings. The first kappa shape index (κ1) is 21.5. The smallest absolute Gasteiger partial charge is 0.261 e. The molecule has 33 heavy (non-hydrogen) atoms. The number of aryl methyl sites for hydroxylation is 1. The van der Waals surface area contributed by atoms with Gasteiger partial charge in [0, 0.05) is 26.2 Å². The van der Waals surface area contributed by atoms with Crippen LogP contribution in [0.2, 0.25) is 0 Å². The van der Waals surface area contributed by atoms with Crippen molar-refractivity contribution in [3.05, 3.63) is 28.9 Å². The van der Waals surface area contributed by atoms with Crippen molar-refractivity contribution in [3.8, 4) is 0 Å². The molecule has 2 aromatic rings. The van der Waals surface area contributed by atoms with Crippen LogP contribution in [0.1, 0.15) is 40.9 Å². The Morgan fingerprint density at radius 3 is 2.91 bits per heavy atom. The van der Waals surface area contributed by atoms with Gasteiger partial charge in [-0.2, -0.15) is 0 Å². The second kappa shape index (κ2) is 8.64. The minimum atomic E-state index is 0.0327. The average molecular weight is 468 g/mol. The molecule has 3 atom stereocenters. The van der Waals surface area contributed by atoms with Crippen molar-refractivity contribution in [1.29, 1.82) is 0 Å². The minimum Gasteiger partial charge on any atom is -0.379 e. The number of amides is 1. The molecule has 2 N–H and O–H groups in total. The molecule has 2 bridgehead atoms. The summed E-state index contributed by atoms with van der Waals surface area (Å²) in [6, 6.07) is 0. The Hall–Kier alpha value is -2.03. The molecule has 2 aromatic heterocycles. The fraction of sp³-hybridized carbons (Fsp3) is 0.640. The molecule has 1 amide bonds. The van der Waals surface area contributed by atoms with Crippen LogP contribution in [0, 0.1) is 30.1 Å². The summed E-state index contributed by atoms with van der Waals surface area (Å²) in [5.74, 6) is 2.88. The third-order valence-electron chi connectivity index (χ3n) is 8.35. The molecule has 1 aliphatic heterocycles. The third-order valence-corrected chi connectivity index (χ3v) is 9.55. The predicted octanol–water partition coefficient (Wildman–Crippen LogP) is 3.47. The number of fused-ring (bicyclic) bond motifs is 1. The van der Waals surface area contributed by atoms with E-state index in [0.717, 1.165) is 84.8 Å². The van der Waals surface area contributed by atoms with E-state index < -0.39 is 0 Å². The highest BCUT2D eigenvalue weighted by atomic mass is 32.1. The third kappa shape index (κ3) is 3.86. The topological polar surface area (TPSA) is 79.4 Å². The molecule has 3 aliphatic carbocycles. The maximum absolute atomic E-state index is 13.1. The van der Waals surface area contributed by atoms with E-state index in [1.807, 2.05) is 6.92 Å². The molecular formula is C25H33N5O2S. The zero-order valence-electron chi connectivity index (χ0n) is 19.3. The molecule has 0 aromatic carbocycles. The van der Waals surface area contributed by atoms with Crippen molar-refractivity contribution >= 4 is 33.3 Å². The van der Waals surface area contributed by atoms with E-state index >= 15 is 0 Å². The highest BCUT2D eigenvalue weighted by molar-refractivity contribution is 7.20. The number of aromatic nitrogens is 2. The number of hydrogen-bond donors (Lipinski definition) is 2. The normalized spacial score (nSPS) is 27.5. The Kier molecular flexibility index (Phi) is 5.63. The molecule has 0 radical (unpaired) electrons. The Morgan fingerprint density at radius 2 is 2.12 bits per heavy atom. The molecule has 1 saturated heterocycles. The molecule has 0 unspecified atom stereocenters. The fourth-order valence-electron chi connectivity index (χ4n) is 6.42. The molecule has 3 fully saturated rings. The van der Waals surface area contributed by atoms with E-state index in [1.54, 1.807) is 6.33 Å². The zero-order valence-corrected chi connectivity index (χ0v) is 20.1. The number of anilines is 1. The van der Waals surface area contributed by atoms with Gasteiger partial charge in [0.2, 0.25) is 0 Å². The van der Waals surface area contributed by atoms with Crippen molar-refractivity contribution < 1.29 is 9.53 Å². The maximum Gasteiger partial charge on any atom is 0.261 e. The van der Waals surface area contributed by atoms with Crippen molar-refractivity contribution in [2.45, 2.75) is 32.6 Å². The van der Waals surface area contributed by atoms with Gasteiger partial charge in [0.05, 0.1) is 23.5 Å². The van der Waals surface area contributed by atoms with Crippen LogP contribution in [0.3, 0.4) is 0 Å². The number of allylic oxidation sites excluding steroid dienone is 2. The first-order valence-corrected chi connectivity index (χ1v) is 13.2. The summed E-state index contributed by atoms with van der Waals surface area (Å²) < 4.78 is 5.42. The van der Waals surface area contributed by atoms with Gasteiger partial charge in [0.1, 0.15) is 17.0 Å². The van der Waals surface area contributed by atoms with E-state index in [4.69, 9.17) is 4.74 Å². The number of nitrogens with one attached hydrogen (secondary N) is 2. The number of rotatable bonds is 8. The monoisotopic (exact) mass is 467 g/mol. The lowest BCUT2D eigenvalue weighted by molar-refractivity contribution is 0.0378. The molecule has 3 heterocycles. The van der Waals surface area contributed by atoms with Crippen molar-refractivity contribution in [3.63, 3.8) is 0 Å². The van der Waals surface area contributed by atoms with Gasteiger partial charge in [-0.3, -0.25) is 9.69 Å². The maximum atomic E-state index is 13.1. The van der Waals surface area contributed by atoms with Gasteiger partial charge in [-0.1, -0.05) is 12.2 Å². The fourth-order valence-corrected chi connectivity index (χ4v) is 7.48. The van der Waals surface area contributed by atoms with Crippen LogP contribution in [0.25, 0.3) is 10.2 Å². The van der Waals surface area contributed by atoms with Crippen LogP contribution < -0.4 is 10.6 Å². The highest BCUT2D eigenvalue weighted by Crippen LogP contribution is 2.69. The molecule has 1 spiro atoms. The molecule has 2 saturated carbocycles. The summed E-state index contributed by atoms with van der Waals surface area (Å²) in [6.45, 7) is 8.39. The lowest BCUT2D eigenvalue weighted by Gasteiger charge is -2.26. The Morgan fingerprint density at radius 1 is 1.27 bits per heavy atom. The van der Waals surface area contributed by atoms with Crippen LogP contribution in [0.5, 0.6) is 0 Å². The number of thiophene rings is 1. The van der Waals surface area contributed by atoms with E-state index in [1.165, 1.54) is 30.6 Å². The van der Waals surface area contributed by atoms with Gasteiger partial charge in [-0.25, -0.2) is 9.97 Å². The van der Waals surface area contributed by atoms with Crippen molar-refractivity contribution in [2.75, 3.05) is 51.3 Å². The molecule has 176 valence electrons. The first-order valence-electron chi connectivity index (χ1n) is 12.4. The summed E-state index contributed by atoms with van der Waals surface area (Å²) >= 11 is 1.48. The molecule has 7 nitrogen and oxygen atoms in total. The number of ether oxygens (including phenoxy) is 1. The first-order chi connectivity index (χ1) is 16.2. The average Bonchev–Trinajstić information content (AvgIpc) is 3.39. The molecule has 6 rings (SSSR count). The van der Waals surface area contributed by atoms with Crippen molar-refractivity contribution in [2.24, 2.45) is 23.2 Å². The number of carbonyl (C=O) groups is 1. The largest absolute Gasteiger partial charge is 0.379 e. The van der Waals surface area contributed by atoms with E-state index in [2.05, 4.69) is 37.7 Å². The van der Waals surface area contributed by atoms with Gasteiger partial charge in [0.15, 0.2) is 0 Å². The highest BCUT2D eigenvalue weighted by Gasteiger charge is 2.62. The van der Waals surface area contributed by atoms with Gasteiger partial charge < -0.3 is 15.4 Å². The second-order valence-electron chi connectivity index (χ2n) is 10.1. The SMILES string of the molecule is Cc1c(C(=O)NC[C@H]2C[C@H]3C=C[C@H]2C32CC2)sc2ncnc(NCCCN3CCOCC3)c12. The lowest BCUT2D eigenvalue weighted by atomic mass is 9.89.